The lowest BCUT2D eigenvalue weighted by molar-refractivity contribution is -0.154. The van der Waals surface area contributed by atoms with Crippen LogP contribution in [0, 0.1) is 0 Å². The Labute approximate surface area is 221 Å². The van der Waals surface area contributed by atoms with Gasteiger partial charge in [-0.1, -0.05) is 48.9 Å². The van der Waals surface area contributed by atoms with Crippen molar-refractivity contribution in [3.63, 3.8) is 0 Å². The minimum absolute atomic E-state index is 0.00690. The van der Waals surface area contributed by atoms with Crippen LogP contribution in [0.3, 0.4) is 0 Å². The monoisotopic (exact) mass is 547 g/mol. The molecule has 0 N–H and O–H groups in total. The molecule has 0 aliphatic rings. The normalized spacial score (nSPS) is 13.3. The van der Waals surface area contributed by atoms with Gasteiger partial charge in [0, 0.05) is 12.1 Å². The Hall–Kier alpha value is -3.72. The van der Waals surface area contributed by atoms with Crippen LogP contribution in [-0.4, -0.2) is 29.9 Å². The molecule has 1 aromatic heterocycles. The summed E-state index contributed by atoms with van der Waals surface area (Å²) in [5.74, 6) is -3.53. The van der Waals surface area contributed by atoms with E-state index in [1.54, 1.807) is 49.4 Å². The SMILES string of the molecule is CCOC(=O)COc1ccc(-c2ccc(C(C)C(c3ccc4oc(=O)n(C)c4c3)C(F)(F)F)c(Cl)c2)cc1. The summed E-state index contributed by atoms with van der Waals surface area (Å²) >= 11 is 6.52. The fourth-order valence-corrected chi connectivity index (χ4v) is 4.79. The molecule has 200 valence electrons. The summed E-state index contributed by atoms with van der Waals surface area (Å²) in [4.78, 5) is 23.3. The summed E-state index contributed by atoms with van der Waals surface area (Å²) in [6.07, 6.45) is -4.57. The number of rotatable bonds is 8. The van der Waals surface area contributed by atoms with Crippen molar-refractivity contribution in [2.75, 3.05) is 13.2 Å². The Morgan fingerprint density at radius 1 is 1.05 bits per heavy atom. The molecule has 0 aliphatic carbocycles. The van der Waals surface area contributed by atoms with Crippen molar-refractivity contribution >= 4 is 28.7 Å². The molecule has 0 amide bonds. The van der Waals surface area contributed by atoms with Gasteiger partial charge in [0.15, 0.2) is 12.2 Å². The van der Waals surface area contributed by atoms with Gasteiger partial charge in [-0.15, -0.1) is 0 Å². The predicted molar refractivity (Wildman–Crippen MR) is 138 cm³/mol. The molecule has 4 aromatic rings. The quantitative estimate of drug-likeness (QED) is 0.226. The van der Waals surface area contributed by atoms with E-state index in [1.165, 1.54) is 36.7 Å². The molecular weight excluding hydrogens is 523 g/mol. The van der Waals surface area contributed by atoms with Gasteiger partial charge in [-0.3, -0.25) is 4.57 Å². The largest absolute Gasteiger partial charge is 0.482 e. The molecule has 0 spiro atoms. The number of carbonyl (C=O) groups excluding carboxylic acids is 1. The fraction of sp³-hybridized carbons (Fsp3) is 0.286. The average molecular weight is 548 g/mol. The molecular formula is C28H25ClF3NO5. The third kappa shape index (κ3) is 5.72. The van der Waals surface area contributed by atoms with Gasteiger partial charge in [-0.05, 0) is 65.4 Å². The molecule has 2 atom stereocenters. The van der Waals surface area contributed by atoms with E-state index in [0.717, 1.165) is 5.56 Å². The number of aryl methyl sites for hydroxylation is 1. The van der Waals surface area contributed by atoms with Gasteiger partial charge in [0.1, 0.15) is 5.75 Å². The zero-order valence-corrected chi connectivity index (χ0v) is 21.6. The molecule has 0 saturated carbocycles. The van der Waals surface area contributed by atoms with Gasteiger partial charge in [0.2, 0.25) is 0 Å². The van der Waals surface area contributed by atoms with Crippen molar-refractivity contribution < 1.29 is 31.9 Å². The van der Waals surface area contributed by atoms with Crippen LogP contribution in [0.2, 0.25) is 5.02 Å². The summed E-state index contributed by atoms with van der Waals surface area (Å²) in [5, 5.41) is 0.198. The molecule has 0 saturated heterocycles. The maximum atomic E-state index is 14.3. The number of halogens is 4. The van der Waals surface area contributed by atoms with Gasteiger partial charge >= 0.3 is 17.9 Å². The van der Waals surface area contributed by atoms with Crippen molar-refractivity contribution in [1.29, 1.82) is 0 Å². The van der Waals surface area contributed by atoms with E-state index in [0.29, 0.717) is 16.9 Å². The van der Waals surface area contributed by atoms with Crippen LogP contribution in [0.1, 0.15) is 36.8 Å². The lowest BCUT2D eigenvalue weighted by Gasteiger charge is -2.28. The number of hydrogen-bond acceptors (Lipinski definition) is 5. The van der Waals surface area contributed by atoms with Gasteiger partial charge in [0.25, 0.3) is 0 Å². The second-order valence-electron chi connectivity index (χ2n) is 8.82. The van der Waals surface area contributed by atoms with Crippen LogP contribution in [0.25, 0.3) is 22.2 Å². The third-order valence-corrected chi connectivity index (χ3v) is 6.70. The molecule has 0 aliphatic heterocycles. The number of benzene rings is 3. The third-order valence-electron chi connectivity index (χ3n) is 6.37. The van der Waals surface area contributed by atoms with E-state index in [1.807, 2.05) is 0 Å². The van der Waals surface area contributed by atoms with Crippen molar-refractivity contribution in [2.24, 2.45) is 7.05 Å². The summed E-state index contributed by atoms with van der Waals surface area (Å²) in [6, 6.07) is 15.9. The minimum Gasteiger partial charge on any atom is -0.482 e. The first kappa shape index (κ1) is 27.3. The Morgan fingerprint density at radius 2 is 1.74 bits per heavy atom. The molecule has 1 heterocycles. The Balaban J connectivity index is 1.59. The summed E-state index contributed by atoms with van der Waals surface area (Å²) in [5.41, 5.74) is 2.33. The van der Waals surface area contributed by atoms with Crippen LogP contribution in [-0.2, 0) is 16.6 Å². The lowest BCUT2D eigenvalue weighted by atomic mass is 9.81. The Morgan fingerprint density at radius 3 is 2.37 bits per heavy atom. The molecule has 0 fully saturated rings. The number of ether oxygens (including phenoxy) is 2. The van der Waals surface area contributed by atoms with Crippen molar-refractivity contribution in [1.82, 2.24) is 4.57 Å². The first-order chi connectivity index (χ1) is 18.0. The molecule has 0 bridgehead atoms. The van der Waals surface area contributed by atoms with Crippen LogP contribution in [0.5, 0.6) is 5.75 Å². The van der Waals surface area contributed by atoms with Crippen molar-refractivity contribution in [2.45, 2.75) is 31.9 Å². The van der Waals surface area contributed by atoms with Crippen LogP contribution in [0.4, 0.5) is 13.2 Å². The van der Waals surface area contributed by atoms with Crippen molar-refractivity contribution in [3.05, 3.63) is 87.4 Å². The first-order valence-electron chi connectivity index (χ1n) is 11.8. The highest BCUT2D eigenvalue weighted by Crippen LogP contribution is 2.47. The molecule has 38 heavy (non-hydrogen) atoms. The van der Waals surface area contributed by atoms with E-state index in [4.69, 9.17) is 25.5 Å². The maximum absolute atomic E-state index is 14.3. The summed E-state index contributed by atoms with van der Waals surface area (Å²) in [6.45, 7) is 3.24. The van der Waals surface area contributed by atoms with Gasteiger partial charge in [-0.25, -0.2) is 9.59 Å². The van der Waals surface area contributed by atoms with E-state index in [-0.39, 0.29) is 34.9 Å². The van der Waals surface area contributed by atoms with Crippen LogP contribution >= 0.6 is 11.6 Å². The molecule has 6 nitrogen and oxygen atoms in total. The van der Waals surface area contributed by atoms with Gasteiger partial charge < -0.3 is 13.9 Å². The lowest BCUT2D eigenvalue weighted by Crippen LogP contribution is -2.26. The Bertz CT molecular complexity index is 1510. The average Bonchev–Trinajstić information content (AvgIpc) is 3.15. The second-order valence-corrected chi connectivity index (χ2v) is 9.22. The number of fused-ring (bicyclic) bond motifs is 1. The van der Waals surface area contributed by atoms with Crippen LogP contribution < -0.4 is 10.5 Å². The Kier molecular flexibility index (Phi) is 7.87. The number of aromatic nitrogens is 1. The van der Waals surface area contributed by atoms with E-state index in [9.17, 15) is 22.8 Å². The number of nitrogens with zero attached hydrogens (tertiary/aromatic N) is 1. The predicted octanol–water partition coefficient (Wildman–Crippen LogP) is 6.84. The molecule has 10 heteroatoms. The number of oxazole rings is 1. The molecule has 4 rings (SSSR count). The zero-order chi connectivity index (χ0) is 27.6. The summed E-state index contributed by atoms with van der Waals surface area (Å²) in [7, 11) is 1.44. The van der Waals surface area contributed by atoms with E-state index < -0.39 is 29.7 Å². The number of carbonyl (C=O) groups is 1. The fourth-order valence-electron chi connectivity index (χ4n) is 4.44. The highest BCUT2D eigenvalue weighted by atomic mass is 35.5. The smallest absolute Gasteiger partial charge is 0.419 e. The highest BCUT2D eigenvalue weighted by molar-refractivity contribution is 6.31. The van der Waals surface area contributed by atoms with Gasteiger partial charge in [0.05, 0.1) is 18.0 Å². The zero-order valence-electron chi connectivity index (χ0n) is 20.8. The second kappa shape index (κ2) is 10.9. The van der Waals surface area contributed by atoms with E-state index in [2.05, 4.69) is 0 Å². The summed E-state index contributed by atoms with van der Waals surface area (Å²) < 4.78 is 59.5. The van der Waals surface area contributed by atoms with E-state index >= 15 is 0 Å². The number of esters is 1. The minimum atomic E-state index is -4.57. The topological polar surface area (TPSA) is 70.7 Å². The van der Waals surface area contributed by atoms with Gasteiger partial charge in [-0.2, -0.15) is 13.2 Å². The van der Waals surface area contributed by atoms with Crippen molar-refractivity contribution in [3.8, 4) is 16.9 Å². The highest BCUT2D eigenvalue weighted by Gasteiger charge is 2.45. The number of hydrogen-bond donors (Lipinski definition) is 0. The first-order valence-corrected chi connectivity index (χ1v) is 12.2. The molecule has 0 radical (unpaired) electrons. The number of alkyl halides is 3. The molecule has 2 unspecified atom stereocenters. The standard InChI is InChI=1S/C28H25ClF3NO5/c1-4-36-25(34)15-37-20-9-5-17(6-10-20)18-7-11-21(22(29)13-18)16(2)26(28(30,31)32)19-8-12-24-23(14-19)33(3)27(35)38-24/h5-14,16,26H,4,15H2,1-3H3. The maximum Gasteiger partial charge on any atom is 0.419 e. The van der Waals surface area contributed by atoms with Crippen LogP contribution in [0.15, 0.2) is 69.9 Å². The molecule has 3 aromatic carbocycles.